The van der Waals surface area contributed by atoms with Crippen molar-refractivity contribution in [1.29, 1.82) is 0 Å². The number of nitrogens with two attached hydrogens (primary N) is 1. The van der Waals surface area contributed by atoms with Gasteiger partial charge in [-0.3, -0.25) is 4.79 Å². The van der Waals surface area contributed by atoms with Crippen molar-refractivity contribution in [3.63, 3.8) is 0 Å². The standard InChI is InChI=1S/C12H18F2N2O2S/c1-3-12(15,4-2)7-16-10(17)9-8(5-6-19-9)18-11(13)14/h5-6,11H,3-4,7,15H2,1-2H3,(H,16,17). The normalized spacial score (nSPS) is 11.7. The Balaban J connectivity index is 2.66. The Morgan fingerprint density at radius 3 is 2.68 bits per heavy atom. The minimum Gasteiger partial charge on any atom is -0.433 e. The third-order valence-corrected chi connectivity index (χ3v) is 3.96. The van der Waals surface area contributed by atoms with Crippen molar-refractivity contribution in [1.82, 2.24) is 5.32 Å². The van der Waals surface area contributed by atoms with Gasteiger partial charge in [-0.05, 0) is 24.3 Å². The van der Waals surface area contributed by atoms with Crippen LogP contribution in [0.4, 0.5) is 8.78 Å². The molecule has 0 fully saturated rings. The Morgan fingerprint density at radius 1 is 1.53 bits per heavy atom. The first kappa shape index (κ1) is 15.8. The quantitative estimate of drug-likeness (QED) is 0.812. The number of ether oxygens (including phenoxy) is 1. The van der Waals surface area contributed by atoms with Gasteiger partial charge in [-0.2, -0.15) is 8.78 Å². The summed E-state index contributed by atoms with van der Waals surface area (Å²) in [6.07, 6.45) is 1.43. The fourth-order valence-electron chi connectivity index (χ4n) is 1.49. The molecule has 1 rings (SSSR count). The zero-order chi connectivity index (χ0) is 14.5. The summed E-state index contributed by atoms with van der Waals surface area (Å²) >= 11 is 1.05. The average Bonchev–Trinajstić information content (AvgIpc) is 2.83. The Bertz CT molecular complexity index is 420. The van der Waals surface area contributed by atoms with Crippen LogP contribution in [-0.4, -0.2) is 24.6 Å². The smallest absolute Gasteiger partial charge is 0.387 e. The molecule has 1 heterocycles. The number of hydrogen-bond acceptors (Lipinski definition) is 4. The summed E-state index contributed by atoms with van der Waals surface area (Å²) in [6.45, 7) is 1.23. The van der Waals surface area contributed by atoms with Gasteiger partial charge in [0.2, 0.25) is 0 Å². The molecule has 0 aromatic carbocycles. The van der Waals surface area contributed by atoms with Crippen LogP contribution in [-0.2, 0) is 0 Å². The number of halogens is 2. The second-order valence-corrected chi connectivity index (χ2v) is 5.16. The van der Waals surface area contributed by atoms with Gasteiger partial charge in [0.25, 0.3) is 5.91 Å². The fraction of sp³-hybridized carbons (Fsp3) is 0.583. The maximum absolute atomic E-state index is 12.2. The van der Waals surface area contributed by atoms with Gasteiger partial charge in [-0.15, -0.1) is 11.3 Å². The van der Waals surface area contributed by atoms with E-state index in [-0.39, 0.29) is 10.6 Å². The van der Waals surface area contributed by atoms with Crippen LogP contribution in [0.25, 0.3) is 0 Å². The zero-order valence-corrected chi connectivity index (χ0v) is 11.7. The largest absolute Gasteiger partial charge is 0.433 e. The van der Waals surface area contributed by atoms with Gasteiger partial charge < -0.3 is 15.8 Å². The third-order valence-electron chi connectivity index (χ3n) is 3.06. The van der Waals surface area contributed by atoms with E-state index in [1.54, 1.807) is 0 Å². The van der Waals surface area contributed by atoms with E-state index in [9.17, 15) is 13.6 Å². The molecule has 1 aromatic heterocycles. The molecule has 1 aromatic rings. The molecule has 0 unspecified atom stereocenters. The van der Waals surface area contributed by atoms with Crippen molar-refractivity contribution in [2.24, 2.45) is 5.73 Å². The molecule has 0 spiro atoms. The molecule has 0 aliphatic rings. The molecule has 0 atom stereocenters. The number of thiophene rings is 1. The van der Waals surface area contributed by atoms with Crippen LogP contribution in [0.5, 0.6) is 5.75 Å². The summed E-state index contributed by atoms with van der Waals surface area (Å²) < 4.78 is 28.6. The van der Waals surface area contributed by atoms with Crippen molar-refractivity contribution >= 4 is 17.2 Å². The van der Waals surface area contributed by atoms with Gasteiger partial charge in [-0.1, -0.05) is 13.8 Å². The number of carbonyl (C=O) groups is 1. The second kappa shape index (κ2) is 6.81. The van der Waals surface area contributed by atoms with Crippen LogP contribution in [0, 0.1) is 0 Å². The molecule has 19 heavy (non-hydrogen) atoms. The first-order valence-electron chi connectivity index (χ1n) is 6.01. The fourth-order valence-corrected chi connectivity index (χ4v) is 2.23. The van der Waals surface area contributed by atoms with Crippen LogP contribution in [0.1, 0.15) is 36.4 Å². The first-order valence-corrected chi connectivity index (χ1v) is 6.89. The highest BCUT2D eigenvalue weighted by molar-refractivity contribution is 7.12. The Labute approximate surface area is 114 Å². The van der Waals surface area contributed by atoms with Crippen molar-refractivity contribution < 1.29 is 18.3 Å². The molecular weight excluding hydrogens is 274 g/mol. The Hall–Kier alpha value is -1.21. The van der Waals surface area contributed by atoms with E-state index in [1.807, 2.05) is 13.8 Å². The van der Waals surface area contributed by atoms with Crippen molar-refractivity contribution in [2.45, 2.75) is 38.8 Å². The maximum Gasteiger partial charge on any atom is 0.387 e. The van der Waals surface area contributed by atoms with E-state index < -0.39 is 18.1 Å². The maximum atomic E-state index is 12.2. The summed E-state index contributed by atoms with van der Waals surface area (Å²) in [5, 5.41) is 4.19. The van der Waals surface area contributed by atoms with E-state index in [0.717, 1.165) is 11.3 Å². The molecule has 108 valence electrons. The predicted molar refractivity (Wildman–Crippen MR) is 70.8 cm³/mol. The summed E-state index contributed by atoms with van der Waals surface area (Å²) in [6, 6.07) is 1.35. The summed E-state index contributed by atoms with van der Waals surface area (Å²) in [4.78, 5) is 12.0. The van der Waals surface area contributed by atoms with E-state index in [4.69, 9.17) is 5.73 Å². The monoisotopic (exact) mass is 292 g/mol. The minimum absolute atomic E-state index is 0.104. The van der Waals surface area contributed by atoms with Crippen LogP contribution in [0.2, 0.25) is 0 Å². The highest BCUT2D eigenvalue weighted by Gasteiger charge is 2.23. The molecule has 4 nitrogen and oxygen atoms in total. The Kier molecular flexibility index (Phi) is 5.68. The highest BCUT2D eigenvalue weighted by Crippen LogP contribution is 2.26. The summed E-state index contributed by atoms with van der Waals surface area (Å²) in [5.41, 5.74) is 5.58. The SMILES string of the molecule is CCC(N)(CC)CNC(=O)c1sccc1OC(F)F. The third kappa shape index (κ3) is 4.43. The van der Waals surface area contributed by atoms with E-state index >= 15 is 0 Å². The molecule has 3 N–H and O–H groups in total. The lowest BCUT2D eigenvalue weighted by atomic mass is 9.94. The number of carbonyl (C=O) groups excluding carboxylic acids is 1. The Morgan fingerprint density at radius 2 is 2.16 bits per heavy atom. The van der Waals surface area contributed by atoms with E-state index in [2.05, 4.69) is 10.1 Å². The van der Waals surface area contributed by atoms with Crippen molar-refractivity contribution in [3.8, 4) is 5.75 Å². The number of alkyl halides is 2. The number of amides is 1. The van der Waals surface area contributed by atoms with Crippen LogP contribution < -0.4 is 15.8 Å². The average molecular weight is 292 g/mol. The van der Waals surface area contributed by atoms with Crippen molar-refractivity contribution in [2.75, 3.05) is 6.54 Å². The van der Waals surface area contributed by atoms with Gasteiger partial charge in [0.15, 0.2) is 0 Å². The number of rotatable bonds is 7. The highest BCUT2D eigenvalue weighted by atomic mass is 32.1. The van der Waals surface area contributed by atoms with Gasteiger partial charge >= 0.3 is 6.61 Å². The molecule has 0 saturated heterocycles. The summed E-state index contributed by atoms with van der Waals surface area (Å²) in [7, 11) is 0. The van der Waals surface area contributed by atoms with E-state index in [0.29, 0.717) is 19.4 Å². The lowest BCUT2D eigenvalue weighted by molar-refractivity contribution is -0.0498. The van der Waals surface area contributed by atoms with Crippen LogP contribution >= 0.6 is 11.3 Å². The molecule has 0 radical (unpaired) electrons. The van der Waals surface area contributed by atoms with Gasteiger partial charge in [0.1, 0.15) is 10.6 Å². The van der Waals surface area contributed by atoms with Gasteiger partial charge in [0, 0.05) is 12.1 Å². The predicted octanol–water partition coefficient (Wildman–Crippen LogP) is 2.60. The van der Waals surface area contributed by atoms with Gasteiger partial charge in [-0.25, -0.2) is 0 Å². The number of hydrogen-bond donors (Lipinski definition) is 2. The zero-order valence-electron chi connectivity index (χ0n) is 10.9. The lowest BCUT2D eigenvalue weighted by Crippen LogP contribution is -2.49. The summed E-state index contributed by atoms with van der Waals surface area (Å²) in [5.74, 6) is -0.546. The minimum atomic E-state index is -2.94. The molecule has 0 aliphatic carbocycles. The first-order chi connectivity index (χ1) is 8.91. The molecular formula is C12H18F2N2O2S. The molecule has 0 aliphatic heterocycles. The van der Waals surface area contributed by atoms with E-state index in [1.165, 1.54) is 11.4 Å². The number of nitrogens with one attached hydrogen (secondary N) is 1. The van der Waals surface area contributed by atoms with Crippen molar-refractivity contribution in [3.05, 3.63) is 16.3 Å². The molecule has 0 saturated carbocycles. The molecule has 1 amide bonds. The lowest BCUT2D eigenvalue weighted by Gasteiger charge is -2.26. The van der Waals surface area contributed by atoms with Gasteiger partial charge in [0.05, 0.1) is 0 Å². The molecule has 7 heteroatoms. The van der Waals surface area contributed by atoms with Crippen LogP contribution in [0.3, 0.4) is 0 Å². The molecule has 0 bridgehead atoms. The van der Waals surface area contributed by atoms with Crippen LogP contribution in [0.15, 0.2) is 11.4 Å². The topological polar surface area (TPSA) is 64.3 Å². The second-order valence-electron chi connectivity index (χ2n) is 4.24.